The Kier molecular flexibility index (Phi) is 4.98. The minimum atomic E-state index is -0.603. The molecule has 0 bridgehead atoms. The van der Waals surface area contributed by atoms with Crippen LogP contribution in [0.2, 0.25) is 5.02 Å². The molecule has 0 aliphatic heterocycles. The van der Waals surface area contributed by atoms with Gasteiger partial charge in [0, 0.05) is 6.07 Å². The van der Waals surface area contributed by atoms with E-state index in [2.05, 4.69) is 5.43 Å². The van der Waals surface area contributed by atoms with Crippen LogP contribution >= 0.6 is 23.8 Å². The Morgan fingerprint density at radius 1 is 1.45 bits per heavy atom. The molecule has 1 aromatic rings. The average Bonchev–Trinajstić information content (AvgIpc) is 2.93. The summed E-state index contributed by atoms with van der Waals surface area (Å²) in [6.45, 7) is 0. The molecule has 1 aliphatic carbocycles. The third-order valence-electron chi connectivity index (χ3n) is 3.20. The van der Waals surface area contributed by atoms with Crippen LogP contribution in [-0.2, 0) is 0 Å². The second kappa shape index (κ2) is 6.53. The lowest BCUT2D eigenvalue weighted by atomic mass is 10.2. The van der Waals surface area contributed by atoms with E-state index in [1.807, 2.05) is 0 Å². The number of nitrogens with two attached hydrogens (primary N) is 2. The molecule has 110 valence electrons. The molecule has 2 rings (SSSR count). The highest BCUT2D eigenvalue weighted by Gasteiger charge is 2.21. The molecular formula is C12H16ClFN4OS. The van der Waals surface area contributed by atoms with E-state index < -0.39 is 5.82 Å². The van der Waals surface area contributed by atoms with Crippen LogP contribution in [-0.4, -0.2) is 11.2 Å². The monoisotopic (exact) mass is 318 g/mol. The number of anilines is 1. The Morgan fingerprint density at radius 2 is 2.10 bits per heavy atom. The first-order valence-corrected chi connectivity index (χ1v) is 7.02. The molecular weight excluding hydrogens is 303 g/mol. The van der Waals surface area contributed by atoms with Crippen LogP contribution in [0.1, 0.15) is 25.7 Å². The van der Waals surface area contributed by atoms with Crippen LogP contribution in [0.4, 0.5) is 10.1 Å². The van der Waals surface area contributed by atoms with Crippen molar-refractivity contribution in [1.29, 1.82) is 0 Å². The van der Waals surface area contributed by atoms with E-state index in [9.17, 15) is 4.39 Å². The smallest absolute Gasteiger partial charge is 0.202 e. The van der Waals surface area contributed by atoms with E-state index >= 15 is 0 Å². The van der Waals surface area contributed by atoms with Crippen molar-refractivity contribution in [3.05, 3.63) is 23.0 Å². The molecule has 0 spiro atoms. The van der Waals surface area contributed by atoms with Crippen molar-refractivity contribution in [2.75, 3.05) is 5.01 Å². The van der Waals surface area contributed by atoms with Gasteiger partial charge in [-0.15, -0.1) is 0 Å². The van der Waals surface area contributed by atoms with Gasteiger partial charge >= 0.3 is 0 Å². The Balaban J connectivity index is 2.26. The number of rotatable bonds is 3. The predicted molar refractivity (Wildman–Crippen MR) is 80.9 cm³/mol. The molecule has 5 nitrogen and oxygen atoms in total. The molecule has 0 amide bonds. The van der Waals surface area contributed by atoms with Crippen molar-refractivity contribution < 1.29 is 9.13 Å². The average molecular weight is 319 g/mol. The standard InChI is InChI=1S/C12H16ClFN4OS/c13-8-5-9(14)10(18(16)12(20)17-15)6-11(8)19-7-3-1-2-4-7/h5-7H,1-4,15-16H2,(H,17,20). The second-order valence-electron chi connectivity index (χ2n) is 4.58. The predicted octanol–water partition coefficient (Wildman–Crippen LogP) is 2.23. The topological polar surface area (TPSA) is 76.5 Å². The molecule has 0 saturated heterocycles. The van der Waals surface area contributed by atoms with Gasteiger partial charge < -0.3 is 4.74 Å². The van der Waals surface area contributed by atoms with Gasteiger partial charge in [0.15, 0.2) is 0 Å². The summed E-state index contributed by atoms with van der Waals surface area (Å²) in [7, 11) is 0. The first-order valence-electron chi connectivity index (χ1n) is 6.24. The van der Waals surface area contributed by atoms with Crippen molar-refractivity contribution in [2.24, 2.45) is 11.7 Å². The normalized spacial score (nSPS) is 15.2. The lowest BCUT2D eigenvalue weighted by molar-refractivity contribution is 0.210. The third-order valence-corrected chi connectivity index (χ3v) is 3.81. The number of nitrogens with zero attached hydrogens (tertiary/aromatic N) is 1. The minimum absolute atomic E-state index is 0.0157. The number of hydrogen-bond donors (Lipinski definition) is 3. The number of halogens is 2. The zero-order valence-corrected chi connectivity index (χ0v) is 12.3. The molecule has 1 fully saturated rings. The SMILES string of the molecule is NNC(=S)N(N)c1cc(OC2CCCC2)c(Cl)cc1F. The maximum atomic E-state index is 13.9. The van der Waals surface area contributed by atoms with Gasteiger partial charge in [0.05, 0.1) is 16.8 Å². The van der Waals surface area contributed by atoms with Crippen LogP contribution in [0, 0.1) is 5.82 Å². The molecule has 1 saturated carbocycles. The van der Waals surface area contributed by atoms with Crippen LogP contribution in [0.25, 0.3) is 0 Å². The van der Waals surface area contributed by atoms with Crippen molar-refractivity contribution in [2.45, 2.75) is 31.8 Å². The van der Waals surface area contributed by atoms with Gasteiger partial charge in [0.25, 0.3) is 0 Å². The number of hydrazine groups is 2. The van der Waals surface area contributed by atoms with E-state index in [1.54, 1.807) is 0 Å². The summed E-state index contributed by atoms with van der Waals surface area (Å²) < 4.78 is 19.7. The molecule has 20 heavy (non-hydrogen) atoms. The van der Waals surface area contributed by atoms with E-state index in [0.717, 1.165) is 36.8 Å². The first kappa shape index (κ1) is 15.2. The lowest BCUT2D eigenvalue weighted by Crippen LogP contribution is -2.47. The maximum Gasteiger partial charge on any atom is 0.202 e. The Hall–Kier alpha value is -1.15. The van der Waals surface area contributed by atoms with Crippen molar-refractivity contribution >= 4 is 34.6 Å². The highest BCUT2D eigenvalue weighted by molar-refractivity contribution is 7.80. The molecule has 0 heterocycles. The van der Waals surface area contributed by atoms with Gasteiger partial charge in [-0.2, -0.15) is 0 Å². The number of ether oxygens (including phenoxy) is 1. The quantitative estimate of drug-likeness (QED) is 0.451. The third kappa shape index (κ3) is 3.29. The molecule has 8 heteroatoms. The Labute approximate surface area is 126 Å². The molecule has 0 aromatic heterocycles. The summed E-state index contributed by atoms with van der Waals surface area (Å²) in [6.07, 6.45) is 4.30. The number of benzene rings is 1. The van der Waals surface area contributed by atoms with Gasteiger partial charge in [-0.1, -0.05) is 11.6 Å². The van der Waals surface area contributed by atoms with Crippen molar-refractivity contribution in [3.8, 4) is 5.75 Å². The summed E-state index contributed by atoms with van der Waals surface area (Å²) in [6, 6.07) is 2.58. The second-order valence-corrected chi connectivity index (χ2v) is 5.37. The largest absolute Gasteiger partial charge is 0.489 e. The Bertz CT molecular complexity index is 510. The summed E-state index contributed by atoms with van der Waals surface area (Å²) in [5, 5.41) is 1.12. The van der Waals surface area contributed by atoms with E-state index in [1.165, 1.54) is 6.07 Å². The molecule has 5 N–H and O–H groups in total. The van der Waals surface area contributed by atoms with Crippen LogP contribution in [0.5, 0.6) is 5.75 Å². The first-order chi connectivity index (χ1) is 9.52. The van der Waals surface area contributed by atoms with Gasteiger partial charge in [-0.05, 0) is 44.0 Å². The van der Waals surface area contributed by atoms with Crippen LogP contribution in [0.15, 0.2) is 12.1 Å². The molecule has 1 aromatic carbocycles. The van der Waals surface area contributed by atoms with Gasteiger partial charge in [-0.3, -0.25) is 10.4 Å². The number of nitrogens with one attached hydrogen (secondary N) is 1. The summed E-state index contributed by atoms with van der Waals surface area (Å²) in [4.78, 5) is 0. The van der Waals surface area contributed by atoms with E-state index in [0.29, 0.717) is 5.75 Å². The minimum Gasteiger partial charge on any atom is -0.489 e. The van der Waals surface area contributed by atoms with Crippen LogP contribution < -0.4 is 26.9 Å². The fourth-order valence-electron chi connectivity index (χ4n) is 2.16. The zero-order chi connectivity index (χ0) is 14.7. The van der Waals surface area contributed by atoms with Crippen molar-refractivity contribution in [3.63, 3.8) is 0 Å². The molecule has 0 radical (unpaired) electrons. The number of hydrogen-bond acceptors (Lipinski definition) is 4. The van der Waals surface area contributed by atoms with E-state index in [4.69, 9.17) is 40.2 Å². The molecule has 0 unspecified atom stereocenters. The maximum absolute atomic E-state index is 13.9. The van der Waals surface area contributed by atoms with Gasteiger partial charge in [0.1, 0.15) is 11.6 Å². The lowest BCUT2D eigenvalue weighted by Gasteiger charge is -2.21. The van der Waals surface area contributed by atoms with E-state index in [-0.39, 0.29) is 21.9 Å². The zero-order valence-electron chi connectivity index (χ0n) is 10.7. The summed E-state index contributed by atoms with van der Waals surface area (Å²) in [5.74, 6) is 10.6. The highest BCUT2D eigenvalue weighted by Crippen LogP contribution is 2.34. The van der Waals surface area contributed by atoms with Crippen molar-refractivity contribution in [1.82, 2.24) is 5.43 Å². The fourth-order valence-corrected chi connectivity index (χ4v) is 2.45. The molecule has 0 atom stereocenters. The molecule has 1 aliphatic rings. The van der Waals surface area contributed by atoms with Gasteiger partial charge in [0.2, 0.25) is 5.11 Å². The van der Waals surface area contributed by atoms with Crippen LogP contribution in [0.3, 0.4) is 0 Å². The highest BCUT2D eigenvalue weighted by atomic mass is 35.5. The fraction of sp³-hybridized carbons (Fsp3) is 0.417. The summed E-state index contributed by atoms with van der Waals surface area (Å²) >= 11 is 10.9. The number of thiocarbonyl (C=S) groups is 1. The summed E-state index contributed by atoms with van der Waals surface area (Å²) in [5.41, 5.74) is 2.24. The van der Waals surface area contributed by atoms with Gasteiger partial charge in [-0.25, -0.2) is 16.1 Å². The Morgan fingerprint density at radius 3 is 2.70 bits per heavy atom.